The van der Waals surface area contributed by atoms with E-state index in [9.17, 15) is 22.8 Å². The highest BCUT2D eigenvalue weighted by Crippen LogP contribution is 2.33. The van der Waals surface area contributed by atoms with E-state index in [0.29, 0.717) is 35.2 Å². The number of nitrogens with one attached hydrogen (secondary N) is 3. The van der Waals surface area contributed by atoms with Gasteiger partial charge in [-0.05, 0) is 73.6 Å². The van der Waals surface area contributed by atoms with E-state index in [0.717, 1.165) is 31.9 Å². The molecule has 33 heavy (non-hydrogen) atoms. The number of hydrogen-bond acceptors (Lipinski definition) is 2. The monoisotopic (exact) mass is 457 g/mol. The zero-order chi connectivity index (χ0) is 23.4. The second-order valence-electron chi connectivity index (χ2n) is 8.42. The van der Waals surface area contributed by atoms with Gasteiger partial charge in [0.25, 0.3) is 0 Å². The Balaban J connectivity index is 1.42. The van der Waals surface area contributed by atoms with Crippen molar-refractivity contribution in [2.24, 2.45) is 5.92 Å². The molecule has 0 aliphatic carbocycles. The van der Waals surface area contributed by atoms with Gasteiger partial charge in [-0.3, -0.25) is 9.59 Å². The zero-order valence-electron chi connectivity index (χ0n) is 18.1. The molecule has 0 radical (unpaired) electrons. The van der Waals surface area contributed by atoms with Crippen LogP contribution in [0.2, 0.25) is 0 Å². The van der Waals surface area contributed by atoms with Crippen LogP contribution < -0.4 is 10.6 Å². The summed E-state index contributed by atoms with van der Waals surface area (Å²) in [6.07, 6.45) is 3.66. The molecule has 8 heteroatoms. The Hall–Kier alpha value is -3.29. The zero-order valence-corrected chi connectivity index (χ0v) is 18.1. The number of amides is 2. The van der Waals surface area contributed by atoms with Crippen molar-refractivity contribution in [2.75, 3.05) is 13.1 Å². The smallest absolute Gasteiger partial charge is 0.223 e. The minimum absolute atomic E-state index is 0.00457. The molecule has 2 heterocycles. The van der Waals surface area contributed by atoms with Crippen molar-refractivity contribution in [3.05, 3.63) is 59.4 Å². The van der Waals surface area contributed by atoms with Gasteiger partial charge in [0, 0.05) is 42.6 Å². The van der Waals surface area contributed by atoms with Crippen LogP contribution in [-0.4, -0.2) is 29.9 Å². The topological polar surface area (TPSA) is 74.0 Å². The van der Waals surface area contributed by atoms with Crippen LogP contribution in [0.4, 0.5) is 13.2 Å². The van der Waals surface area contributed by atoms with Crippen molar-refractivity contribution < 1.29 is 22.8 Å². The number of carbonyl (C=O) groups is 2. The van der Waals surface area contributed by atoms with E-state index in [1.54, 1.807) is 12.1 Å². The van der Waals surface area contributed by atoms with Gasteiger partial charge in [0.15, 0.2) is 0 Å². The molecule has 1 aliphatic heterocycles. The molecule has 0 spiro atoms. The predicted octanol–water partition coefficient (Wildman–Crippen LogP) is 4.61. The standard InChI is InChI=1S/C25H26F3N3O2/c26-17-7-5-15(6-8-17)23-19(20-13-18(27)14-21(28)24(20)31-23)9-10-22(32)29-11-1-3-16-4-2-12-30-25(16)33/h5-8,13-14,16,31H,1-4,9-12H2,(H,29,32)(H,30,33). The van der Waals surface area contributed by atoms with E-state index in [1.165, 1.54) is 18.2 Å². The van der Waals surface area contributed by atoms with Gasteiger partial charge in [-0.25, -0.2) is 13.2 Å². The Morgan fingerprint density at radius 1 is 1.09 bits per heavy atom. The van der Waals surface area contributed by atoms with Gasteiger partial charge in [0.1, 0.15) is 17.5 Å². The highest BCUT2D eigenvalue weighted by Gasteiger charge is 2.21. The molecule has 3 aromatic rings. The molecule has 1 atom stereocenters. The highest BCUT2D eigenvalue weighted by atomic mass is 19.1. The maximum absolute atomic E-state index is 14.4. The number of H-pyrrole nitrogens is 1. The molecule has 1 aromatic heterocycles. The average Bonchev–Trinajstić information content (AvgIpc) is 3.15. The largest absolute Gasteiger partial charge is 0.356 e. The van der Waals surface area contributed by atoms with Crippen LogP contribution in [0.15, 0.2) is 36.4 Å². The maximum Gasteiger partial charge on any atom is 0.223 e. The first kappa shape index (κ1) is 22.9. The normalized spacial score (nSPS) is 16.1. The number of piperidine rings is 1. The lowest BCUT2D eigenvalue weighted by molar-refractivity contribution is -0.126. The molecule has 1 saturated heterocycles. The molecule has 0 saturated carbocycles. The molecule has 0 bridgehead atoms. The van der Waals surface area contributed by atoms with Crippen molar-refractivity contribution in [1.29, 1.82) is 0 Å². The summed E-state index contributed by atoms with van der Waals surface area (Å²) in [7, 11) is 0. The lowest BCUT2D eigenvalue weighted by atomic mass is 9.94. The minimum Gasteiger partial charge on any atom is -0.356 e. The first-order valence-corrected chi connectivity index (χ1v) is 11.2. The van der Waals surface area contributed by atoms with E-state index in [2.05, 4.69) is 15.6 Å². The molecule has 1 fully saturated rings. The number of aromatic nitrogens is 1. The Bertz CT molecular complexity index is 1160. The summed E-state index contributed by atoms with van der Waals surface area (Å²) in [5.41, 5.74) is 1.90. The lowest BCUT2D eigenvalue weighted by Crippen LogP contribution is -2.36. The number of carbonyl (C=O) groups excluding carboxylic acids is 2. The number of rotatable bonds is 8. The van der Waals surface area contributed by atoms with Gasteiger partial charge in [-0.2, -0.15) is 0 Å². The Morgan fingerprint density at radius 2 is 1.88 bits per heavy atom. The van der Waals surface area contributed by atoms with Gasteiger partial charge >= 0.3 is 0 Å². The quantitative estimate of drug-likeness (QED) is 0.433. The van der Waals surface area contributed by atoms with E-state index >= 15 is 0 Å². The van der Waals surface area contributed by atoms with Crippen LogP contribution in [-0.2, 0) is 16.0 Å². The van der Waals surface area contributed by atoms with Crippen molar-refractivity contribution in [3.63, 3.8) is 0 Å². The number of fused-ring (bicyclic) bond motifs is 1. The van der Waals surface area contributed by atoms with Crippen LogP contribution in [0.5, 0.6) is 0 Å². The van der Waals surface area contributed by atoms with Crippen molar-refractivity contribution in [1.82, 2.24) is 15.6 Å². The highest BCUT2D eigenvalue weighted by molar-refractivity contribution is 5.92. The second-order valence-corrected chi connectivity index (χ2v) is 8.42. The van der Waals surface area contributed by atoms with Crippen molar-refractivity contribution in [3.8, 4) is 11.3 Å². The molecule has 3 N–H and O–H groups in total. The van der Waals surface area contributed by atoms with Crippen LogP contribution in [0, 0.1) is 23.4 Å². The van der Waals surface area contributed by atoms with E-state index < -0.39 is 17.5 Å². The second kappa shape index (κ2) is 10.1. The molecule has 2 amide bonds. The number of aromatic amines is 1. The van der Waals surface area contributed by atoms with E-state index in [-0.39, 0.29) is 36.1 Å². The van der Waals surface area contributed by atoms with Gasteiger partial charge < -0.3 is 15.6 Å². The SMILES string of the molecule is O=C(CCc1c(-c2ccc(F)cc2)[nH]c2c(F)cc(F)cc12)NCCCC1CCCNC1=O. The number of halogens is 3. The number of hydrogen-bond donors (Lipinski definition) is 3. The van der Waals surface area contributed by atoms with Crippen LogP contribution in [0.3, 0.4) is 0 Å². The molecule has 4 rings (SSSR count). The van der Waals surface area contributed by atoms with Gasteiger partial charge in [0.05, 0.1) is 5.52 Å². The summed E-state index contributed by atoms with van der Waals surface area (Å²) in [6, 6.07) is 7.74. The van der Waals surface area contributed by atoms with Gasteiger partial charge in [-0.15, -0.1) is 0 Å². The summed E-state index contributed by atoms with van der Waals surface area (Å²) < 4.78 is 41.7. The van der Waals surface area contributed by atoms with Crippen molar-refractivity contribution >= 4 is 22.7 Å². The molecule has 1 aliphatic rings. The molecular weight excluding hydrogens is 431 g/mol. The van der Waals surface area contributed by atoms with Crippen molar-refractivity contribution in [2.45, 2.75) is 38.5 Å². The van der Waals surface area contributed by atoms with Gasteiger partial charge in [-0.1, -0.05) is 0 Å². The fourth-order valence-electron chi connectivity index (χ4n) is 4.41. The number of benzene rings is 2. The third kappa shape index (κ3) is 5.38. The first-order chi connectivity index (χ1) is 15.9. The van der Waals surface area contributed by atoms with E-state index in [1.807, 2.05) is 0 Å². The third-order valence-electron chi connectivity index (χ3n) is 6.12. The summed E-state index contributed by atoms with van der Waals surface area (Å²) >= 11 is 0. The van der Waals surface area contributed by atoms with E-state index in [4.69, 9.17) is 0 Å². The summed E-state index contributed by atoms with van der Waals surface area (Å²) in [5, 5.41) is 6.08. The fourth-order valence-corrected chi connectivity index (χ4v) is 4.41. The summed E-state index contributed by atoms with van der Waals surface area (Å²) in [5.74, 6) is -1.93. The summed E-state index contributed by atoms with van der Waals surface area (Å²) in [6.45, 7) is 1.19. The molecule has 1 unspecified atom stereocenters. The fraction of sp³-hybridized carbons (Fsp3) is 0.360. The van der Waals surface area contributed by atoms with Crippen LogP contribution in [0.25, 0.3) is 22.2 Å². The Morgan fingerprint density at radius 3 is 2.64 bits per heavy atom. The Labute approximate surface area is 189 Å². The van der Waals surface area contributed by atoms with Gasteiger partial charge in [0.2, 0.25) is 11.8 Å². The van der Waals surface area contributed by atoms with Crippen LogP contribution >= 0.6 is 0 Å². The maximum atomic E-state index is 14.4. The first-order valence-electron chi connectivity index (χ1n) is 11.2. The Kier molecular flexibility index (Phi) is 7.01. The predicted molar refractivity (Wildman–Crippen MR) is 120 cm³/mol. The molecular formula is C25H26F3N3O2. The average molecular weight is 457 g/mol. The molecule has 2 aromatic carbocycles. The third-order valence-corrected chi connectivity index (χ3v) is 6.12. The molecule has 5 nitrogen and oxygen atoms in total. The minimum atomic E-state index is -0.726. The molecule has 174 valence electrons. The number of aryl methyl sites for hydroxylation is 1. The lowest BCUT2D eigenvalue weighted by Gasteiger charge is -2.21. The van der Waals surface area contributed by atoms with Crippen LogP contribution in [0.1, 0.15) is 37.7 Å². The summed E-state index contributed by atoms with van der Waals surface area (Å²) in [4.78, 5) is 27.2.